The summed E-state index contributed by atoms with van der Waals surface area (Å²) in [6.07, 6.45) is 36.8. The number of fused-ring (bicyclic) bond motifs is 4. The predicted octanol–water partition coefficient (Wildman–Crippen LogP) is 17.6. The first-order valence-corrected chi connectivity index (χ1v) is 27.8. The number of rotatable bonds is 10. The molecule has 1 nitrogen and oxygen atoms in total. The summed E-state index contributed by atoms with van der Waals surface area (Å²) < 4.78 is 0. The van der Waals surface area contributed by atoms with E-state index in [1.165, 1.54) is 88.9 Å². The fourth-order valence-electron chi connectivity index (χ4n) is 14.6. The van der Waals surface area contributed by atoms with Crippen LogP contribution in [0.15, 0.2) is 203 Å². The molecule has 2 aliphatic heterocycles. The van der Waals surface area contributed by atoms with Crippen LogP contribution in [0.4, 0.5) is 5.69 Å². The Morgan fingerprint density at radius 2 is 1.27 bits per heavy atom. The molecule has 0 aromatic heterocycles. The van der Waals surface area contributed by atoms with Crippen LogP contribution >= 0.6 is 0 Å². The molecule has 4 aromatic carbocycles. The monoisotopic (exact) mass is 934 g/mol. The zero-order chi connectivity index (χ0) is 49.3. The van der Waals surface area contributed by atoms with Crippen molar-refractivity contribution in [2.24, 2.45) is 35.0 Å². The summed E-state index contributed by atoms with van der Waals surface area (Å²) in [4.78, 5) is 2.86. The van der Waals surface area contributed by atoms with Crippen molar-refractivity contribution in [3.63, 3.8) is 0 Å². The molecule has 0 bridgehead atoms. The number of allylic oxidation sites excluding steroid dienone is 13. The molecular formula is C69H80BN. The van der Waals surface area contributed by atoms with Crippen LogP contribution < -0.4 is 4.90 Å². The molecule has 2 heterocycles. The maximum absolute atomic E-state index is 2.86. The largest absolute Gasteiger partial charge is 0.335 e. The number of benzene rings is 4. The number of anilines is 1. The van der Waals surface area contributed by atoms with Crippen molar-refractivity contribution in [2.45, 2.75) is 148 Å². The van der Waals surface area contributed by atoms with Crippen molar-refractivity contribution in [3.05, 3.63) is 231 Å². The molecule has 5 aliphatic carbocycles. The Bertz CT molecular complexity index is 2860. The average Bonchev–Trinajstić information content (AvgIpc) is 3.40. The topological polar surface area (TPSA) is 3.24 Å². The van der Waals surface area contributed by atoms with E-state index >= 15 is 0 Å². The minimum Gasteiger partial charge on any atom is -0.335 e. The van der Waals surface area contributed by atoms with E-state index in [2.05, 4.69) is 237 Å². The maximum atomic E-state index is 2.86. The van der Waals surface area contributed by atoms with E-state index < -0.39 is 0 Å². The van der Waals surface area contributed by atoms with Gasteiger partial charge in [0, 0.05) is 22.2 Å². The molecule has 11 rings (SSSR count). The Morgan fingerprint density at radius 1 is 0.620 bits per heavy atom. The van der Waals surface area contributed by atoms with E-state index in [0.717, 1.165) is 25.2 Å². The predicted molar refractivity (Wildman–Crippen MR) is 304 cm³/mol. The van der Waals surface area contributed by atoms with Gasteiger partial charge in [-0.05, 0) is 136 Å². The molecule has 6 atom stereocenters. The van der Waals surface area contributed by atoms with Crippen LogP contribution in [-0.4, -0.2) is 12.8 Å². The lowest BCUT2D eigenvalue weighted by Gasteiger charge is -2.56. The highest BCUT2D eigenvalue weighted by molar-refractivity contribution is 6.78. The minimum absolute atomic E-state index is 0.0472. The summed E-state index contributed by atoms with van der Waals surface area (Å²) in [5.74, 6) is 2.99. The first kappa shape index (κ1) is 48.0. The summed E-state index contributed by atoms with van der Waals surface area (Å²) in [6.45, 7) is 22.2. The van der Waals surface area contributed by atoms with Crippen molar-refractivity contribution >= 4 is 12.4 Å². The molecule has 4 aromatic rings. The fraction of sp³-hybridized carbons (Fsp3) is 0.420. The molecule has 1 saturated heterocycles. The van der Waals surface area contributed by atoms with Crippen molar-refractivity contribution in [1.29, 1.82) is 0 Å². The Morgan fingerprint density at radius 3 is 1.92 bits per heavy atom. The summed E-state index contributed by atoms with van der Waals surface area (Å²) in [6, 6.07) is 42.5. The molecule has 0 amide bonds. The highest BCUT2D eigenvalue weighted by Crippen LogP contribution is 2.60. The van der Waals surface area contributed by atoms with Gasteiger partial charge in [-0.25, -0.2) is 0 Å². The summed E-state index contributed by atoms with van der Waals surface area (Å²) in [5.41, 5.74) is 17.9. The Balaban J connectivity index is 1.09. The van der Waals surface area contributed by atoms with Crippen LogP contribution in [0.2, 0.25) is 5.82 Å². The van der Waals surface area contributed by atoms with E-state index in [-0.39, 0.29) is 27.7 Å². The van der Waals surface area contributed by atoms with Gasteiger partial charge < -0.3 is 4.90 Å². The van der Waals surface area contributed by atoms with Crippen LogP contribution in [0, 0.1) is 35.0 Å². The number of hydrogen-bond acceptors (Lipinski definition) is 1. The summed E-state index contributed by atoms with van der Waals surface area (Å²) >= 11 is 0. The molecule has 2 fully saturated rings. The van der Waals surface area contributed by atoms with E-state index in [9.17, 15) is 0 Å². The van der Waals surface area contributed by atoms with Gasteiger partial charge >= 0.3 is 0 Å². The standard InChI is InChI=1S/C69H80BN/c1-66(2,3)55-37-41-63-62(45-55)70-61-46-56(69(8,9)52-28-20-13-21-29-52)36-40-58(61)59(42-47-30-32-53(33-31-47)67(4,5)50-24-16-11-17-25-50)60-43-49(48-22-14-10-15-23-48)44-64(65(60)70)71(63)57-38-34-54(35-39-57)68(6,7)51-26-18-12-19-27-51/h11-13,16-21,24,26-39,41,44-46,48-50,58-59,62-63H,10,14-15,22-23,25,40,42-43H2,1-9H3. The Kier molecular flexibility index (Phi) is 12.6. The van der Waals surface area contributed by atoms with Crippen LogP contribution in [-0.2, 0) is 22.7 Å². The minimum atomic E-state index is -0.110. The van der Waals surface area contributed by atoms with E-state index in [1.54, 1.807) is 16.5 Å². The van der Waals surface area contributed by atoms with Gasteiger partial charge in [0.1, 0.15) is 0 Å². The van der Waals surface area contributed by atoms with Gasteiger partial charge in [0.2, 0.25) is 6.71 Å². The quantitative estimate of drug-likeness (QED) is 0.143. The lowest BCUT2D eigenvalue weighted by Crippen LogP contribution is -2.56. The van der Waals surface area contributed by atoms with E-state index in [4.69, 9.17) is 0 Å². The molecule has 2 heteroatoms. The third-order valence-electron chi connectivity index (χ3n) is 19.3. The van der Waals surface area contributed by atoms with Crippen molar-refractivity contribution in [2.75, 3.05) is 4.90 Å². The molecule has 0 radical (unpaired) electrons. The van der Waals surface area contributed by atoms with Gasteiger partial charge in [0.25, 0.3) is 0 Å². The summed E-state index contributed by atoms with van der Waals surface area (Å²) in [5, 5.41) is 0. The first-order valence-electron chi connectivity index (χ1n) is 27.8. The van der Waals surface area contributed by atoms with Crippen molar-refractivity contribution < 1.29 is 0 Å². The zero-order valence-electron chi connectivity index (χ0n) is 44.6. The third-order valence-corrected chi connectivity index (χ3v) is 19.3. The van der Waals surface area contributed by atoms with Gasteiger partial charge in [0.05, 0.1) is 6.04 Å². The second-order valence-electron chi connectivity index (χ2n) is 25.5. The zero-order valence-corrected chi connectivity index (χ0v) is 44.6. The normalized spacial score (nSPS) is 25.7. The van der Waals surface area contributed by atoms with Gasteiger partial charge in [0.15, 0.2) is 0 Å². The molecule has 0 N–H and O–H groups in total. The molecule has 0 spiro atoms. The van der Waals surface area contributed by atoms with E-state index in [0.29, 0.717) is 36.2 Å². The molecule has 6 unspecified atom stereocenters. The van der Waals surface area contributed by atoms with Gasteiger partial charge in [-0.1, -0.05) is 256 Å². The molecular weight excluding hydrogens is 854 g/mol. The van der Waals surface area contributed by atoms with Crippen molar-refractivity contribution in [1.82, 2.24) is 0 Å². The van der Waals surface area contributed by atoms with Crippen molar-refractivity contribution in [3.8, 4) is 0 Å². The van der Waals surface area contributed by atoms with Crippen LogP contribution in [0.5, 0.6) is 0 Å². The number of nitrogens with zero attached hydrogens (tertiary/aromatic N) is 1. The van der Waals surface area contributed by atoms with Gasteiger partial charge in [-0.3, -0.25) is 0 Å². The van der Waals surface area contributed by atoms with Gasteiger partial charge in [-0.15, -0.1) is 0 Å². The van der Waals surface area contributed by atoms with E-state index in [1.807, 2.05) is 0 Å². The highest BCUT2D eigenvalue weighted by Gasteiger charge is 2.55. The average molecular weight is 934 g/mol. The SMILES string of the molecule is CC(C)(C)C1=CC2B3C4=CC(C(C)(C)c5ccccc5)=CCC4C(Cc4ccc(C(C)(C)C5C=CC=CC5)cc4)C4=C3C(=CC(C3CCCCC3)C4)N(c3ccc(C(C)(C)c4ccccc4)cc3)C2C=C1. The lowest BCUT2D eigenvalue weighted by molar-refractivity contribution is 0.270. The molecule has 364 valence electrons. The Hall–Kier alpha value is -5.34. The molecule has 71 heavy (non-hydrogen) atoms. The van der Waals surface area contributed by atoms with Gasteiger partial charge in [-0.2, -0.15) is 0 Å². The van der Waals surface area contributed by atoms with Crippen LogP contribution in [0.1, 0.15) is 141 Å². The second-order valence-corrected chi connectivity index (χ2v) is 25.5. The van der Waals surface area contributed by atoms with Crippen LogP contribution in [0.25, 0.3) is 0 Å². The smallest absolute Gasteiger partial charge is 0.216 e. The second kappa shape index (κ2) is 18.6. The Labute approximate surface area is 429 Å². The first-order chi connectivity index (χ1) is 34.1. The summed E-state index contributed by atoms with van der Waals surface area (Å²) in [7, 11) is 0. The number of hydrogen-bond donors (Lipinski definition) is 0. The highest BCUT2D eigenvalue weighted by atomic mass is 15.2. The molecule has 1 saturated carbocycles. The third kappa shape index (κ3) is 8.72. The molecule has 7 aliphatic rings. The van der Waals surface area contributed by atoms with Crippen LogP contribution in [0.3, 0.4) is 0 Å². The fourth-order valence-corrected chi connectivity index (χ4v) is 14.6. The maximum Gasteiger partial charge on any atom is 0.216 e. The lowest BCUT2D eigenvalue weighted by atomic mass is 9.23.